The van der Waals surface area contributed by atoms with Gasteiger partial charge in [-0.1, -0.05) is 18.2 Å². The molecular weight excluding hydrogens is 364 g/mol. The molecule has 6 nitrogen and oxygen atoms in total. The largest absolute Gasteiger partial charge is 0.497 e. The van der Waals surface area contributed by atoms with Crippen LogP contribution in [0.4, 0.5) is 0 Å². The van der Waals surface area contributed by atoms with Crippen LogP contribution in [-0.4, -0.2) is 50.8 Å². The van der Waals surface area contributed by atoms with Gasteiger partial charge in [0.2, 0.25) is 10.0 Å². The molecule has 0 aliphatic carbocycles. The second-order valence-corrected chi connectivity index (χ2v) is 8.65. The first-order valence-electron chi connectivity index (χ1n) is 8.63. The van der Waals surface area contributed by atoms with E-state index in [1.807, 2.05) is 24.3 Å². The van der Waals surface area contributed by atoms with E-state index in [0.29, 0.717) is 12.1 Å². The van der Waals surface area contributed by atoms with Crippen LogP contribution in [0.2, 0.25) is 0 Å². The summed E-state index contributed by atoms with van der Waals surface area (Å²) in [7, 11) is 1.18. The van der Waals surface area contributed by atoms with Crippen molar-refractivity contribution in [2.45, 2.75) is 31.3 Å². The summed E-state index contributed by atoms with van der Waals surface area (Å²) in [5.74, 6) is 0.509. The van der Waals surface area contributed by atoms with Crippen LogP contribution in [0.1, 0.15) is 29.8 Å². The van der Waals surface area contributed by atoms with E-state index in [1.54, 1.807) is 45.0 Å². The molecule has 0 bridgehead atoms. The molecule has 0 aliphatic heterocycles. The summed E-state index contributed by atoms with van der Waals surface area (Å²) in [5.41, 5.74) is 1.29. The van der Waals surface area contributed by atoms with Crippen molar-refractivity contribution in [2.75, 3.05) is 21.2 Å². The van der Waals surface area contributed by atoms with Gasteiger partial charge < -0.3 is 9.64 Å². The van der Waals surface area contributed by atoms with Crippen molar-refractivity contribution in [3.8, 4) is 5.75 Å². The van der Waals surface area contributed by atoms with E-state index < -0.39 is 10.0 Å². The topological polar surface area (TPSA) is 66.9 Å². The molecule has 0 unspecified atom stereocenters. The molecule has 27 heavy (non-hydrogen) atoms. The first-order chi connectivity index (χ1) is 12.7. The van der Waals surface area contributed by atoms with Crippen LogP contribution in [0.15, 0.2) is 53.4 Å². The lowest BCUT2D eigenvalue weighted by Crippen LogP contribution is -2.33. The van der Waals surface area contributed by atoms with Crippen LogP contribution >= 0.6 is 0 Å². The average molecular weight is 391 g/mol. The first-order valence-corrected chi connectivity index (χ1v) is 10.1. The molecule has 0 fully saturated rings. The van der Waals surface area contributed by atoms with E-state index in [2.05, 4.69) is 0 Å². The Bertz CT molecular complexity index is 892. The molecule has 0 radical (unpaired) electrons. The van der Waals surface area contributed by atoms with E-state index in [-0.39, 0.29) is 16.8 Å². The quantitative estimate of drug-likeness (QED) is 0.729. The second-order valence-electron chi connectivity index (χ2n) is 6.65. The Hall–Kier alpha value is -2.38. The van der Waals surface area contributed by atoms with E-state index in [0.717, 1.165) is 11.3 Å². The van der Waals surface area contributed by atoms with E-state index in [9.17, 15) is 13.2 Å². The number of rotatable bonds is 7. The van der Waals surface area contributed by atoms with Crippen molar-refractivity contribution in [2.24, 2.45) is 0 Å². The molecule has 0 N–H and O–H groups in total. The summed E-state index contributed by atoms with van der Waals surface area (Å²) in [4.78, 5) is 14.4. The van der Waals surface area contributed by atoms with Gasteiger partial charge in [0.15, 0.2) is 0 Å². The van der Waals surface area contributed by atoms with E-state index >= 15 is 0 Å². The van der Waals surface area contributed by atoms with Gasteiger partial charge in [0.25, 0.3) is 5.91 Å². The molecule has 0 saturated carbocycles. The molecule has 0 spiro atoms. The molecule has 2 aromatic rings. The zero-order chi connectivity index (χ0) is 20.2. The van der Waals surface area contributed by atoms with Gasteiger partial charge in [-0.15, -0.1) is 0 Å². The van der Waals surface area contributed by atoms with Gasteiger partial charge >= 0.3 is 0 Å². The molecule has 7 heteroatoms. The molecule has 146 valence electrons. The van der Waals surface area contributed by atoms with E-state index in [1.165, 1.54) is 23.5 Å². The highest BCUT2D eigenvalue weighted by molar-refractivity contribution is 7.89. The Morgan fingerprint density at radius 3 is 2.26 bits per heavy atom. The number of hydrogen-bond donors (Lipinski definition) is 0. The summed E-state index contributed by atoms with van der Waals surface area (Å²) in [6, 6.07) is 13.4. The Balaban J connectivity index is 2.21. The second kappa shape index (κ2) is 8.54. The number of hydrogen-bond acceptors (Lipinski definition) is 4. The summed E-state index contributed by atoms with van der Waals surface area (Å²) in [5, 5.41) is 0. The summed E-state index contributed by atoms with van der Waals surface area (Å²) in [6.45, 7) is 4.01. The monoisotopic (exact) mass is 390 g/mol. The number of carbonyl (C=O) groups is 1. The number of nitrogens with zero attached hydrogens (tertiary/aromatic N) is 2. The van der Waals surface area contributed by atoms with Crippen molar-refractivity contribution in [3.05, 3.63) is 59.7 Å². The molecule has 0 saturated heterocycles. The Morgan fingerprint density at radius 2 is 1.70 bits per heavy atom. The highest BCUT2D eigenvalue weighted by Gasteiger charge is 2.24. The summed E-state index contributed by atoms with van der Waals surface area (Å²) in [6.07, 6.45) is 0. The fourth-order valence-electron chi connectivity index (χ4n) is 2.53. The van der Waals surface area contributed by atoms with Crippen LogP contribution in [0.5, 0.6) is 5.75 Å². The number of amides is 1. The SMILES string of the molecule is COc1ccc(CN(C)C(=O)c2cccc(S(=O)(=O)N(C)C(C)C)c2)cc1. The standard InChI is InChI=1S/C20H26N2O4S/c1-15(2)22(4)27(24,25)19-8-6-7-17(13-19)20(23)21(3)14-16-9-11-18(26-5)12-10-16/h6-13,15H,14H2,1-5H3. The number of methoxy groups -OCH3 is 1. The predicted molar refractivity (Wildman–Crippen MR) is 105 cm³/mol. The van der Waals surface area contributed by atoms with Gasteiger partial charge in [-0.05, 0) is 49.7 Å². The lowest BCUT2D eigenvalue weighted by Gasteiger charge is -2.22. The molecule has 0 aromatic heterocycles. The highest BCUT2D eigenvalue weighted by atomic mass is 32.2. The van der Waals surface area contributed by atoms with Gasteiger partial charge in [-0.2, -0.15) is 4.31 Å². The van der Waals surface area contributed by atoms with Crippen molar-refractivity contribution >= 4 is 15.9 Å². The maximum Gasteiger partial charge on any atom is 0.253 e. The van der Waals surface area contributed by atoms with Gasteiger partial charge in [0.05, 0.1) is 12.0 Å². The minimum atomic E-state index is -3.64. The van der Waals surface area contributed by atoms with Crippen molar-refractivity contribution in [1.82, 2.24) is 9.21 Å². The van der Waals surface area contributed by atoms with Crippen molar-refractivity contribution in [1.29, 1.82) is 0 Å². The zero-order valence-corrected chi connectivity index (χ0v) is 17.2. The van der Waals surface area contributed by atoms with Crippen molar-refractivity contribution < 1.29 is 17.9 Å². The smallest absolute Gasteiger partial charge is 0.253 e. The third-order valence-corrected chi connectivity index (χ3v) is 6.44. The molecule has 0 heterocycles. The molecular formula is C20H26N2O4S. The Kier molecular flexibility index (Phi) is 6.62. The Morgan fingerprint density at radius 1 is 1.07 bits per heavy atom. The van der Waals surface area contributed by atoms with Crippen LogP contribution < -0.4 is 4.74 Å². The minimum absolute atomic E-state index is 0.113. The number of sulfonamides is 1. The third-order valence-electron chi connectivity index (χ3n) is 4.41. The average Bonchev–Trinajstić information content (AvgIpc) is 2.67. The maximum atomic E-state index is 12.7. The third kappa shape index (κ3) is 4.87. The van der Waals surface area contributed by atoms with Crippen LogP contribution in [-0.2, 0) is 16.6 Å². The van der Waals surface area contributed by atoms with Gasteiger partial charge in [-0.25, -0.2) is 8.42 Å². The minimum Gasteiger partial charge on any atom is -0.497 e. The lowest BCUT2D eigenvalue weighted by atomic mass is 10.1. The summed E-state index contributed by atoms with van der Waals surface area (Å²) >= 11 is 0. The molecule has 1 amide bonds. The summed E-state index contributed by atoms with van der Waals surface area (Å²) < 4.78 is 31.7. The molecule has 0 aliphatic rings. The van der Waals surface area contributed by atoms with E-state index in [4.69, 9.17) is 4.74 Å². The zero-order valence-electron chi connectivity index (χ0n) is 16.3. The van der Waals surface area contributed by atoms with Crippen molar-refractivity contribution in [3.63, 3.8) is 0 Å². The number of ether oxygens (including phenoxy) is 1. The van der Waals surface area contributed by atoms with Crippen LogP contribution in [0, 0.1) is 0 Å². The normalized spacial score (nSPS) is 11.7. The fourth-order valence-corrected chi connectivity index (χ4v) is 3.94. The molecule has 2 aromatic carbocycles. The maximum absolute atomic E-state index is 12.7. The first kappa shape index (κ1) is 20.9. The fraction of sp³-hybridized carbons (Fsp3) is 0.350. The van der Waals surface area contributed by atoms with Crippen LogP contribution in [0.25, 0.3) is 0 Å². The van der Waals surface area contributed by atoms with Gasteiger partial charge in [0.1, 0.15) is 5.75 Å². The Labute approximate surface area is 161 Å². The highest BCUT2D eigenvalue weighted by Crippen LogP contribution is 2.19. The molecule has 2 rings (SSSR count). The number of carbonyl (C=O) groups excluding carboxylic acids is 1. The van der Waals surface area contributed by atoms with Gasteiger partial charge in [0, 0.05) is 32.2 Å². The molecule has 0 atom stereocenters. The predicted octanol–water partition coefficient (Wildman–Crippen LogP) is 3.00. The van der Waals surface area contributed by atoms with Crippen LogP contribution in [0.3, 0.4) is 0 Å². The van der Waals surface area contributed by atoms with Gasteiger partial charge in [-0.3, -0.25) is 4.79 Å². The lowest BCUT2D eigenvalue weighted by molar-refractivity contribution is 0.0785. The number of benzene rings is 2.